The minimum absolute atomic E-state index is 0. The summed E-state index contributed by atoms with van der Waals surface area (Å²) < 4.78 is 0. The van der Waals surface area contributed by atoms with Crippen LogP contribution in [-0.4, -0.2) is 37.0 Å². The molecule has 0 saturated carbocycles. The lowest BCUT2D eigenvalue weighted by atomic mass is 9.87. The molecule has 0 aliphatic carbocycles. The van der Waals surface area contributed by atoms with Gasteiger partial charge in [0.25, 0.3) is 0 Å². The Hall–Kier alpha value is -0.620. The van der Waals surface area contributed by atoms with Gasteiger partial charge in [0.1, 0.15) is 0 Å². The highest BCUT2D eigenvalue weighted by molar-refractivity contribution is 7.10. The summed E-state index contributed by atoms with van der Waals surface area (Å²) in [5.41, 5.74) is 6.44. The molecule has 1 atom stereocenters. The summed E-state index contributed by atoms with van der Waals surface area (Å²) in [6.07, 6.45) is 2.61. The Morgan fingerprint density at radius 3 is 3.00 bits per heavy atom. The van der Waals surface area contributed by atoms with Crippen molar-refractivity contribution in [3.8, 4) is 0 Å². The fourth-order valence-corrected chi connectivity index (χ4v) is 4.03. The molecule has 0 bridgehead atoms. The molecule has 106 valence electrons. The van der Waals surface area contributed by atoms with Crippen LogP contribution in [0.5, 0.6) is 0 Å². The predicted octanol–water partition coefficient (Wildman–Crippen LogP) is 1.45. The van der Waals surface area contributed by atoms with Crippen LogP contribution in [0.25, 0.3) is 0 Å². The van der Waals surface area contributed by atoms with Crippen molar-refractivity contribution < 1.29 is 4.79 Å². The number of thiophene rings is 1. The van der Waals surface area contributed by atoms with Gasteiger partial charge in [-0.3, -0.25) is 9.69 Å². The number of primary amides is 1. The summed E-state index contributed by atoms with van der Waals surface area (Å²) in [5.74, 6) is -0.324. The van der Waals surface area contributed by atoms with E-state index >= 15 is 0 Å². The van der Waals surface area contributed by atoms with Gasteiger partial charge < -0.3 is 11.1 Å². The summed E-state index contributed by atoms with van der Waals surface area (Å²) in [4.78, 5) is 14.8. The van der Waals surface area contributed by atoms with Gasteiger partial charge in [0.2, 0.25) is 5.91 Å². The van der Waals surface area contributed by atoms with Crippen molar-refractivity contribution in [2.45, 2.75) is 19.4 Å². The van der Waals surface area contributed by atoms with E-state index in [1.54, 1.807) is 11.3 Å². The first-order chi connectivity index (χ1) is 8.67. The highest BCUT2D eigenvalue weighted by atomic mass is 35.5. The van der Waals surface area contributed by atoms with Crippen LogP contribution in [0.3, 0.4) is 0 Å². The molecule has 0 aromatic carbocycles. The first-order valence-electron chi connectivity index (χ1n) is 6.47. The quantitative estimate of drug-likeness (QED) is 0.888. The fraction of sp³-hybridized carbons (Fsp3) is 0.615. The Morgan fingerprint density at radius 1 is 1.53 bits per heavy atom. The normalized spacial score (nSPS) is 26.7. The highest BCUT2D eigenvalue weighted by Gasteiger charge is 2.40. The molecule has 3 heterocycles. The zero-order valence-corrected chi connectivity index (χ0v) is 12.5. The predicted molar refractivity (Wildman–Crippen MR) is 79.9 cm³/mol. The lowest BCUT2D eigenvalue weighted by Gasteiger charge is -2.22. The van der Waals surface area contributed by atoms with Gasteiger partial charge in [-0.25, -0.2) is 0 Å². The molecular formula is C13H20ClN3OS. The third-order valence-electron chi connectivity index (χ3n) is 4.17. The molecule has 1 amide bonds. The van der Waals surface area contributed by atoms with E-state index in [0.717, 1.165) is 6.54 Å². The summed E-state index contributed by atoms with van der Waals surface area (Å²) in [7, 11) is 0. The van der Waals surface area contributed by atoms with Crippen LogP contribution in [0.2, 0.25) is 0 Å². The molecule has 1 aromatic rings. The second-order valence-electron chi connectivity index (χ2n) is 5.55. The van der Waals surface area contributed by atoms with Crippen LogP contribution in [0.4, 0.5) is 0 Å². The lowest BCUT2D eigenvalue weighted by molar-refractivity contribution is 0.100. The number of hydrogen-bond donors (Lipinski definition) is 2. The van der Waals surface area contributed by atoms with Crippen LogP contribution in [0, 0.1) is 5.41 Å². The average Bonchev–Trinajstić information content (AvgIpc) is 3.03. The van der Waals surface area contributed by atoms with Crippen molar-refractivity contribution in [2.24, 2.45) is 11.1 Å². The lowest BCUT2D eigenvalue weighted by Crippen LogP contribution is -2.28. The van der Waals surface area contributed by atoms with E-state index < -0.39 is 0 Å². The number of carbonyl (C=O) groups is 1. The summed E-state index contributed by atoms with van der Waals surface area (Å²) in [6, 6.07) is 1.94. The molecule has 3 rings (SSSR count). The number of nitrogens with one attached hydrogen (secondary N) is 1. The number of rotatable bonds is 3. The molecule has 4 nitrogen and oxygen atoms in total. The summed E-state index contributed by atoms with van der Waals surface area (Å²) in [6.45, 7) is 5.65. The van der Waals surface area contributed by atoms with Crippen molar-refractivity contribution in [1.82, 2.24) is 10.2 Å². The van der Waals surface area contributed by atoms with Crippen molar-refractivity contribution in [2.75, 3.05) is 26.2 Å². The Morgan fingerprint density at radius 2 is 2.37 bits per heavy atom. The molecule has 2 aliphatic rings. The van der Waals surface area contributed by atoms with Crippen LogP contribution in [0.15, 0.2) is 11.4 Å². The van der Waals surface area contributed by atoms with E-state index in [4.69, 9.17) is 5.73 Å². The van der Waals surface area contributed by atoms with Crippen LogP contribution >= 0.6 is 23.7 Å². The number of likely N-dealkylation sites (tertiary alicyclic amines) is 1. The van der Waals surface area contributed by atoms with E-state index in [2.05, 4.69) is 10.2 Å². The molecule has 19 heavy (non-hydrogen) atoms. The zero-order valence-electron chi connectivity index (χ0n) is 10.9. The van der Waals surface area contributed by atoms with Gasteiger partial charge in [-0.1, -0.05) is 0 Å². The maximum Gasteiger partial charge on any atom is 0.249 e. The number of halogens is 1. The van der Waals surface area contributed by atoms with E-state index in [-0.39, 0.29) is 18.3 Å². The maximum absolute atomic E-state index is 11.1. The molecule has 6 heteroatoms. The van der Waals surface area contributed by atoms with Gasteiger partial charge in [-0.2, -0.15) is 0 Å². The Kier molecular flexibility index (Phi) is 4.50. The second kappa shape index (κ2) is 5.79. The molecule has 2 saturated heterocycles. The second-order valence-corrected chi connectivity index (χ2v) is 6.55. The Bertz CT molecular complexity index is 456. The summed E-state index contributed by atoms with van der Waals surface area (Å²) in [5, 5.41) is 5.33. The monoisotopic (exact) mass is 301 g/mol. The molecule has 2 fully saturated rings. The molecule has 1 spiro atoms. The van der Waals surface area contributed by atoms with Crippen molar-refractivity contribution in [3.05, 3.63) is 21.9 Å². The third kappa shape index (κ3) is 3.11. The van der Waals surface area contributed by atoms with Crippen molar-refractivity contribution in [1.29, 1.82) is 0 Å². The Labute approximate surface area is 123 Å². The number of hydrogen-bond acceptors (Lipinski definition) is 4. The van der Waals surface area contributed by atoms with Gasteiger partial charge in [-0.05, 0) is 37.4 Å². The van der Waals surface area contributed by atoms with E-state index in [0.29, 0.717) is 11.0 Å². The van der Waals surface area contributed by atoms with Gasteiger partial charge in [0.15, 0.2) is 0 Å². The number of nitrogens with zero attached hydrogens (tertiary/aromatic N) is 1. The van der Waals surface area contributed by atoms with Crippen LogP contribution in [-0.2, 0) is 6.54 Å². The zero-order chi connectivity index (χ0) is 12.6. The number of carbonyl (C=O) groups excluding carboxylic acids is 1. The van der Waals surface area contributed by atoms with E-state index in [9.17, 15) is 4.79 Å². The third-order valence-corrected chi connectivity index (χ3v) is 5.09. The van der Waals surface area contributed by atoms with E-state index in [1.165, 1.54) is 43.9 Å². The first-order valence-corrected chi connectivity index (χ1v) is 7.35. The SMILES string of the molecule is Cl.NC(=O)c1csc(CN2CCC3(CCNC3)C2)c1. The van der Waals surface area contributed by atoms with Crippen molar-refractivity contribution in [3.63, 3.8) is 0 Å². The van der Waals surface area contributed by atoms with Crippen LogP contribution in [0.1, 0.15) is 28.1 Å². The largest absolute Gasteiger partial charge is 0.366 e. The molecular weight excluding hydrogens is 282 g/mol. The van der Waals surface area contributed by atoms with Gasteiger partial charge in [-0.15, -0.1) is 23.7 Å². The fourth-order valence-electron chi connectivity index (χ4n) is 3.12. The first kappa shape index (κ1) is 14.8. The molecule has 1 aromatic heterocycles. The minimum atomic E-state index is -0.324. The smallest absolute Gasteiger partial charge is 0.249 e. The molecule has 1 unspecified atom stereocenters. The minimum Gasteiger partial charge on any atom is -0.366 e. The molecule has 0 radical (unpaired) electrons. The van der Waals surface area contributed by atoms with Crippen molar-refractivity contribution >= 4 is 29.7 Å². The topological polar surface area (TPSA) is 58.4 Å². The number of nitrogens with two attached hydrogens (primary N) is 1. The summed E-state index contributed by atoms with van der Waals surface area (Å²) >= 11 is 1.64. The Balaban J connectivity index is 0.00000133. The highest BCUT2D eigenvalue weighted by Crippen LogP contribution is 2.36. The van der Waals surface area contributed by atoms with E-state index in [1.807, 2.05) is 11.4 Å². The average molecular weight is 302 g/mol. The maximum atomic E-state index is 11.1. The van der Waals surface area contributed by atoms with Gasteiger partial charge >= 0.3 is 0 Å². The molecule has 2 aliphatic heterocycles. The van der Waals surface area contributed by atoms with Crippen LogP contribution < -0.4 is 11.1 Å². The standard InChI is InChI=1S/C13H19N3OS.ClH/c14-12(17)10-5-11(18-7-10)6-16-4-2-13(9-16)1-3-15-8-13;/h5,7,15H,1-4,6,8-9H2,(H2,14,17);1H. The number of amides is 1. The van der Waals surface area contributed by atoms with Gasteiger partial charge in [0.05, 0.1) is 5.56 Å². The molecule has 3 N–H and O–H groups in total. The van der Waals surface area contributed by atoms with Gasteiger partial charge in [0, 0.05) is 29.9 Å².